The van der Waals surface area contributed by atoms with Gasteiger partial charge in [-0.3, -0.25) is 4.90 Å². The van der Waals surface area contributed by atoms with Gasteiger partial charge in [0.15, 0.2) is 0 Å². The van der Waals surface area contributed by atoms with Crippen molar-refractivity contribution in [3.63, 3.8) is 0 Å². The van der Waals surface area contributed by atoms with E-state index in [-0.39, 0.29) is 0 Å². The molecular formula is C11H20N2O2. The minimum Gasteiger partial charge on any atom is -0.463 e. The fraction of sp³-hybridized carbons (Fsp3) is 0.636. The third-order valence-electron chi connectivity index (χ3n) is 2.17. The first-order chi connectivity index (χ1) is 7.26. The molecule has 1 rings (SSSR count). The Kier molecular flexibility index (Phi) is 5.39. The Balaban J connectivity index is 2.27. The third kappa shape index (κ3) is 4.46. The number of nitrogens with zero attached hydrogens (tertiary/aromatic N) is 1. The maximum absolute atomic E-state index is 5.50. The van der Waals surface area contributed by atoms with E-state index in [4.69, 9.17) is 14.9 Å². The highest BCUT2D eigenvalue weighted by atomic mass is 16.5. The fourth-order valence-electron chi connectivity index (χ4n) is 1.33. The van der Waals surface area contributed by atoms with Crippen LogP contribution in [0.15, 0.2) is 16.5 Å². The second-order valence-corrected chi connectivity index (χ2v) is 3.51. The largest absolute Gasteiger partial charge is 0.463 e. The summed E-state index contributed by atoms with van der Waals surface area (Å²) in [5, 5.41) is 0. The lowest BCUT2D eigenvalue weighted by molar-refractivity contribution is 0.118. The van der Waals surface area contributed by atoms with Gasteiger partial charge in [0, 0.05) is 13.2 Å². The summed E-state index contributed by atoms with van der Waals surface area (Å²) in [6, 6.07) is 3.89. The Morgan fingerprint density at radius 1 is 1.40 bits per heavy atom. The van der Waals surface area contributed by atoms with Crippen molar-refractivity contribution >= 4 is 0 Å². The monoisotopic (exact) mass is 212 g/mol. The number of furan rings is 1. The van der Waals surface area contributed by atoms with E-state index in [1.807, 2.05) is 26.1 Å². The highest BCUT2D eigenvalue weighted by Crippen LogP contribution is 2.08. The quantitative estimate of drug-likeness (QED) is 0.690. The van der Waals surface area contributed by atoms with Crippen LogP contribution >= 0.6 is 0 Å². The summed E-state index contributed by atoms with van der Waals surface area (Å²) in [5.74, 6) is 1.79. The zero-order valence-electron chi connectivity index (χ0n) is 9.53. The third-order valence-corrected chi connectivity index (χ3v) is 2.17. The second-order valence-electron chi connectivity index (χ2n) is 3.51. The Bertz CT molecular complexity index is 273. The van der Waals surface area contributed by atoms with Crippen LogP contribution in [0.1, 0.15) is 18.4 Å². The molecule has 0 aliphatic heterocycles. The van der Waals surface area contributed by atoms with Gasteiger partial charge in [0.2, 0.25) is 0 Å². The van der Waals surface area contributed by atoms with Gasteiger partial charge in [-0.1, -0.05) is 0 Å². The van der Waals surface area contributed by atoms with Crippen LogP contribution < -0.4 is 5.73 Å². The first-order valence-corrected chi connectivity index (χ1v) is 5.30. The van der Waals surface area contributed by atoms with Crippen LogP contribution in [0.2, 0.25) is 0 Å². The SMILES string of the molecule is CCOCCN(C)Cc1ccc(CN)o1. The molecular weight excluding hydrogens is 192 g/mol. The molecule has 0 atom stereocenters. The lowest BCUT2D eigenvalue weighted by Gasteiger charge is -2.14. The predicted molar refractivity (Wildman–Crippen MR) is 59.4 cm³/mol. The molecule has 0 saturated heterocycles. The van der Waals surface area contributed by atoms with Gasteiger partial charge in [0.1, 0.15) is 11.5 Å². The van der Waals surface area contributed by atoms with Gasteiger partial charge in [-0.2, -0.15) is 0 Å². The Morgan fingerprint density at radius 2 is 2.13 bits per heavy atom. The molecule has 1 aromatic heterocycles. The van der Waals surface area contributed by atoms with Gasteiger partial charge in [-0.05, 0) is 26.1 Å². The molecule has 0 saturated carbocycles. The van der Waals surface area contributed by atoms with Gasteiger partial charge in [-0.25, -0.2) is 0 Å². The molecule has 0 aliphatic rings. The molecule has 1 aromatic rings. The van der Waals surface area contributed by atoms with Crippen molar-refractivity contribution in [3.8, 4) is 0 Å². The number of nitrogens with two attached hydrogens (primary N) is 1. The Labute approximate surface area is 91.0 Å². The summed E-state index contributed by atoms with van der Waals surface area (Å²) in [6.07, 6.45) is 0. The van der Waals surface area contributed by atoms with Crippen LogP contribution in [0.25, 0.3) is 0 Å². The normalized spacial score (nSPS) is 11.2. The molecule has 4 nitrogen and oxygen atoms in total. The van der Waals surface area contributed by atoms with Crippen molar-refractivity contribution in [2.75, 3.05) is 26.8 Å². The average molecular weight is 212 g/mol. The zero-order valence-corrected chi connectivity index (χ0v) is 9.53. The minimum atomic E-state index is 0.461. The van der Waals surface area contributed by atoms with Crippen LogP contribution in [-0.4, -0.2) is 31.7 Å². The lowest BCUT2D eigenvalue weighted by Crippen LogP contribution is -2.22. The molecule has 0 spiro atoms. The summed E-state index contributed by atoms with van der Waals surface area (Å²) in [7, 11) is 2.05. The molecule has 0 unspecified atom stereocenters. The van der Waals surface area contributed by atoms with E-state index in [9.17, 15) is 0 Å². The number of ether oxygens (including phenoxy) is 1. The van der Waals surface area contributed by atoms with E-state index >= 15 is 0 Å². The lowest BCUT2D eigenvalue weighted by atomic mass is 10.4. The van der Waals surface area contributed by atoms with Crippen LogP contribution in [0.3, 0.4) is 0 Å². The summed E-state index contributed by atoms with van der Waals surface area (Å²) in [4.78, 5) is 2.16. The predicted octanol–water partition coefficient (Wildman–Crippen LogP) is 1.21. The minimum absolute atomic E-state index is 0.461. The van der Waals surface area contributed by atoms with E-state index in [1.165, 1.54) is 0 Å². The fourth-order valence-corrected chi connectivity index (χ4v) is 1.33. The van der Waals surface area contributed by atoms with Crippen molar-refractivity contribution < 1.29 is 9.15 Å². The molecule has 0 radical (unpaired) electrons. The standard InChI is InChI=1S/C11H20N2O2/c1-3-14-7-6-13(2)9-11-5-4-10(8-12)15-11/h4-5H,3,6-9,12H2,1-2H3. The van der Waals surface area contributed by atoms with Gasteiger partial charge in [0.25, 0.3) is 0 Å². The molecule has 1 heterocycles. The first-order valence-electron chi connectivity index (χ1n) is 5.30. The van der Waals surface area contributed by atoms with Crippen molar-refractivity contribution in [2.24, 2.45) is 5.73 Å². The van der Waals surface area contributed by atoms with Crippen molar-refractivity contribution in [1.82, 2.24) is 4.90 Å². The molecule has 4 heteroatoms. The molecule has 0 fully saturated rings. The van der Waals surface area contributed by atoms with E-state index in [1.54, 1.807) is 0 Å². The summed E-state index contributed by atoms with van der Waals surface area (Å²) in [5.41, 5.74) is 5.46. The van der Waals surface area contributed by atoms with E-state index in [0.29, 0.717) is 6.54 Å². The molecule has 0 amide bonds. The molecule has 0 bridgehead atoms. The van der Waals surface area contributed by atoms with Crippen LogP contribution in [0.4, 0.5) is 0 Å². The van der Waals surface area contributed by atoms with Crippen LogP contribution in [-0.2, 0) is 17.8 Å². The topological polar surface area (TPSA) is 51.6 Å². The van der Waals surface area contributed by atoms with Gasteiger partial charge < -0.3 is 14.9 Å². The molecule has 15 heavy (non-hydrogen) atoms. The Hall–Kier alpha value is -0.840. The molecule has 86 valence electrons. The first kappa shape index (κ1) is 12.2. The summed E-state index contributed by atoms with van der Waals surface area (Å²) >= 11 is 0. The molecule has 0 aliphatic carbocycles. The maximum atomic E-state index is 5.50. The summed E-state index contributed by atoms with van der Waals surface area (Å²) < 4.78 is 10.8. The highest BCUT2D eigenvalue weighted by Gasteiger charge is 2.04. The Morgan fingerprint density at radius 3 is 2.73 bits per heavy atom. The second kappa shape index (κ2) is 6.61. The van der Waals surface area contributed by atoms with E-state index in [2.05, 4.69) is 4.90 Å². The average Bonchev–Trinajstić information content (AvgIpc) is 2.66. The van der Waals surface area contributed by atoms with E-state index in [0.717, 1.165) is 37.8 Å². The van der Waals surface area contributed by atoms with Gasteiger partial charge in [-0.15, -0.1) is 0 Å². The van der Waals surface area contributed by atoms with Crippen molar-refractivity contribution in [1.29, 1.82) is 0 Å². The van der Waals surface area contributed by atoms with Crippen LogP contribution in [0.5, 0.6) is 0 Å². The smallest absolute Gasteiger partial charge is 0.118 e. The number of likely N-dealkylation sites (N-methyl/N-ethyl adjacent to an activating group) is 1. The zero-order chi connectivity index (χ0) is 11.1. The van der Waals surface area contributed by atoms with Crippen molar-refractivity contribution in [2.45, 2.75) is 20.0 Å². The van der Waals surface area contributed by atoms with Gasteiger partial charge >= 0.3 is 0 Å². The number of hydrogen-bond acceptors (Lipinski definition) is 4. The van der Waals surface area contributed by atoms with Crippen LogP contribution in [0, 0.1) is 0 Å². The number of hydrogen-bond donors (Lipinski definition) is 1. The summed E-state index contributed by atoms with van der Waals surface area (Å²) in [6.45, 7) is 5.70. The molecule has 0 aromatic carbocycles. The molecule has 2 N–H and O–H groups in total. The van der Waals surface area contributed by atoms with E-state index < -0.39 is 0 Å². The number of rotatable bonds is 7. The highest BCUT2D eigenvalue weighted by molar-refractivity contribution is 5.06. The maximum Gasteiger partial charge on any atom is 0.118 e. The van der Waals surface area contributed by atoms with Crippen molar-refractivity contribution in [3.05, 3.63) is 23.7 Å². The van der Waals surface area contributed by atoms with Gasteiger partial charge in [0.05, 0.1) is 19.7 Å².